The van der Waals surface area contributed by atoms with E-state index in [1.54, 1.807) is 0 Å². The Morgan fingerprint density at radius 1 is 1.55 bits per heavy atom. The van der Waals surface area contributed by atoms with Crippen LogP contribution in [0.4, 0.5) is 8.78 Å². The van der Waals surface area contributed by atoms with Crippen molar-refractivity contribution in [2.45, 2.75) is 24.3 Å². The van der Waals surface area contributed by atoms with Crippen LogP contribution in [-0.2, 0) is 14.8 Å². The summed E-state index contributed by atoms with van der Waals surface area (Å²) in [6.07, 6.45) is -5.19. The third-order valence-electron chi connectivity index (χ3n) is 2.33. The maximum atomic E-state index is 12.1. The van der Waals surface area contributed by atoms with E-state index in [9.17, 15) is 22.0 Å². The first kappa shape index (κ1) is 17.0. The number of methoxy groups -OCH3 is 1. The molecule has 0 aromatic carbocycles. The van der Waals surface area contributed by atoms with Gasteiger partial charge in [-0.05, 0) is 17.9 Å². The lowest BCUT2D eigenvalue weighted by atomic mass is 10.3. The van der Waals surface area contributed by atoms with Crippen LogP contribution >= 0.6 is 11.3 Å². The van der Waals surface area contributed by atoms with Crippen LogP contribution in [0.2, 0.25) is 0 Å². The van der Waals surface area contributed by atoms with Crippen molar-refractivity contribution in [2.24, 2.45) is 0 Å². The number of ether oxygens (including phenoxy) is 1. The van der Waals surface area contributed by atoms with Crippen LogP contribution in [0.1, 0.15) is 15.2 Å². The van der Waals surface area contributed by atoms with Crippen LogP contribution in [0, 0.1) is 6.92 Å². The van der Waals surface area contributed by atoms with Gasteiger partial charge in [0.25, 0.3) is 6.43 Å². The van der Waals surface area contributed by atoms with E-state index >= 15 is 0 Å². The fraction of sp³-hybridized carbons (Fsp3) is 0.500. The zero-order chi connectivity index (χ0) is 15.5. The highest BCUT2D eigenvalue weighted by atomic mass is 32.2. The van der Waals surface area contributed by atoms with Crippen molar-refractivity contribution < 1.29 is 31.8 Å². The third kappa shape index (κ3) is 3.72. The van der Waals surface area contributed by atoms with Gasteiger partial charge in [0.05, 0.1) is 7.11 Å². The normalized spacial score (nSPS) is 13.5. The van der Waals surface area contributed by atoms with Gasteiger partial charge < -0.3 is 9.84 Å². The summed E-state index contributed by atoms with van der Waals surface area (Å²) in [4.78, 5) is 11.0. The second-order valence-electron chi connectivity index (χ2n) is 3.82. The largest absolute Gasteiger partial charge is 0.465 e. The SMILES string of the molecule is COC(=O)c1scc(C)c1S(=O)(=O)NCC(O)C(F)F. The minimum Gasteiger partial charge on any atom is -0.465 e. The molecule has 0 spiro atoms. The minimum atomic E-state index is -4.20. The fourth-order valence-electron chi connectivity index (χ4n) is 1.36. The van der Waals surface area contributed by atoms with Crippen LogP contribution in [-0.4, -0.2) is 45.7 Å². The van der Waals surface area contributed by atoms with Crippen molar-refractivity contribution in [2.75, 3.05) is 13.7 Å². The van der Waals surface area contributed by atoms with Gasteiger partial charge in [0, 0.05) is 6.54 Å². The summed E-state index contributed by atoms with van der Waals surface area (Å²) in [6.45, 7) is 0.608. The number of aliphatic hydroxyl groups excluding tert-OH is 1. The summed E-state index contributed by atoms with van der Waals surface area (Å²) in [5.41, 5.74) is 0.287. The van der Waals surface area contributed by atoms with Gasteiger partial charge in [-0.1, -0.05) is 0 Å². The zero-order valence-corrected chi connectivity index (χ0v) is 12.2. The van der Waals surface area contributed by atoms with E-state index in [2.05, 4.69) is 4.74 Å². The Morgan fingerprint density at radius 3 is 2.65 bits per heavy atom. The lowest BCUT2D eigenvalue weighted by Gasteiger charge is -2.12. The number of esters is 1. The Kier molecular flexibility index (Phi) is 5.57. The molecular formula is C10H13F2NO5S2. The molecule has 20 heavy (non-hydrogen) atoms. The molecule has 0 saturated heterocycles. The maximum absolute atomic E-state index is 12.1. The minimum absolute atomic E-state index is 0.149. The van der Waals surface area contributed by atoms with Crippen LogP contribution in [0.3, 0.4) is 0 Å². The molecule has 0 aliphatic carbocycles. The Bertz CT molecular complexity index is 584. The first-order valence-corrected chi connectivity index (χ1v) is 7.69. The number of hydrogen-bond donors (Lipinski definition) is 2. The van der Waals surface area contributed by atoms with Gasteiger partial charge in [-0.25, -0.2) is 26.7 Å². The summed E-state index contributed by atoms with van der Waals surface area (Å²) in [6, 6.07) is 0. The van der Waals surface area contributed by atoms with Gasteiger partial charge in [0.1, 0.15) is 15.9 Å². The van der Waals surface area contributed by atoms with Crippen molar-refractivity contribution in [1.82, 2.24) is 4.72 Å². The third-order valence-corrected chi connectivity index (χ3v) is 5.15. The van der Waals surface area contributed by atoms with Crippen molar-refractivity contribution in [3.05, 3.63) is 15.8 Å². The van der Waals surface area contributed by atoms with Crippen molar-refractivity contribution in [3.63, 3.8) is 0 Å². The summed E-state index contributed by atoms with van der Waals surface area (Å²) < 4.78 is 54.6. The van der Waals surface area contributed by atoms with Gasteiger partial charge in [0.2, 0.25) is 10.0 Å². The predicted molar refractivity (Wildman–Crippen MR) is 67.6 cm³/mol. The monoisotopic (exact) mass is 329 g/mol. The highest BCUT2D eigenvalue weighted by Gasteiger charge is 2.29. The van der Waals surface area contributed by atoms with E-state index in [4.69, 9.17) is 5.11 Å². The molecule has 1 heterocycles. The molecule has 0 aliphatic heterocycles. The number of aliphatic hydroxyl groups is 1. The van der Waals surface area contributed by atoms with E-state index < -0.39 is 35.1 Å². The smallest absolute Gasteiger partial charge is 0.349 e. The molecule has 1 aromatic heterocycles. The highest BCUT2D eigenvalue weighted by molar-refractivity contribution is 7.89. The summed E-state index contributed by atoms with van der Waals surface area (Å²) in [5, 5.41) is 10.4. The molecule has 0 radical (unpaired) electrons. The Labute approximate surface area is 118 Å². The first-order valence-electron chi connectivity index (χ1n) is 5.33. The second-order valence-corrected chi connectivity index (χ2v) is 6.41. The van der Waals surface area contributed by atoms with Crippen molar-refractivity contribution in [1.29, 1.82) is 0 Å². The van der Waals surface area contributed by atoms with Gasteiger partial charge in [-0.2, -0.15) is 0 Å². The molecule has 0 fully saturated rings. The van der Waals surface area contributed by atoms with Crippen molar-refractivity contribution in [3.8, 4) is 0 Å². The molecule has 0 bridgehead atoms. The molecule has 6 nitrogen and oxygen atoms in total. The number of sulfonamides is 1. The molecule has 114 valence electrons. The topological polar surface area (TPSA) is 92.7 Å². The van der Waals surface area contributed by atoms with Gasteiger partial charge >= 0.3 is 5.97 Å². The van der Waals surface area contributed by atoms with E-state index in [0.717, 1.165) is 18.4 Å². The lowest BCUT2D eigenvalue weighted by Crippen LogP contribution is -2.36. The first-order chi connectivity index (χ1) is 9.20. The number of carbonyl (C=O) groups excluding carboxylic acids is 1. The number of nitrogens with one attached hydrogen (secondary N) is 1. The van der Waals surface area contributed by atoms with Gasteiger partial charge in [-0.3, -0.25) is 0 Å². The molecule has 10 heteroatoms. The molecule has 0 aliphatic rings. The number of aryl methyl sites for hydroxylation is 1. The van der Waals surface area contributed by atoms with Crippen LogP contribution in [0.15, 0.2) is 10.3 Å². The molecule has 1 atom stereocenters. The average molecular weight is 329 g/mol. The van der Waals surface area contributed by atoms with Crippen molar-refractivity contribution >= 4 is 27.3 Å². The molecule has 1 aromatic rings. The number of alkyl halides is 2. The molecular weight excluding hydrogens is 316 g/mol. The standard InChI is InChI=1S/C10H13F2NO5S2/c1-5-4-19-7(10(15)18-2)8(5)20(16,17)13-3-6(14)9(11)12/h4,6,9,13-14H,3H2,1-2H3. The lowest BCUT2D eigenvalue weighted by molar-refractivity contribution is -0.000456. The fourth-order valence-corrected chi connectivity index (χ4v) is 4.11. The summed E-state index contributed by atoms with van der Waals surface area (Å²) in [5.74, 6) is -0.835. The number of rotatable bonds is 6. The van der Waals surface area contributed by atoms with E-state index in [0.29, 0.717) is 0 Å². The highest BCUT2D eigenvalue weighted by Crippen LogP contribution is 2.27. The second kappa shape index (κ2) is 6.57. The van der Waals surface area contributed by atoms with Crippen LogP contribution in [0.25, 0.3) is 0 Å². The summed E-state index contributed by atoms with van der Waals surface area (Å²) >= 11 is 0.872. The van der Waals surface area contributed by atoms with Crippen LogP contribution in [0.5, 0.6) is 0 Å². The Morgan fingerprint density at radius 2 is 2.15 bits per heavy atom. The van der Waals surface area contributed by atoms with E-state index in [-0.39, 0.29) is 15.3 Å². The van der Waals surface area contributed by atoms with Gasteiger partial charge in [0.15, 0.2) is 0 Å². The van der Waals surface area contributed by atoms with Gasteiger partial charge in [-0.15, -0.1) is 11.3 Å². The number of thiophene rings is 1. The molecule has 0 amide bonds. The average Bonchev–Trinajstić information content (AvgIpc) is 2.77. The number of halogens is 2. The molecule has 2 N–H and O–H groups in total. The Balaban J connectivity index is 3.04. The van der Waals surface area contributed by atoms with E-state index in [1.807, 2.05) is 4.72 Å². The maximum Gasteiger partial charge on any atom is 0.349 e. The number of carbonyl (C=O) groups is 1. The predicted octanol–water partition coefficient (Wildman–Crippen LogP) is 0.747. The Hall–Kier alpha value is -1.10. The van der Waals surface area contributed by atoms with Crippen LogP contribution < -0.4 is 4.72 Å². The molecule has 0 saturated carbocycles. The van der Waals surface area contributed by atoms with E-state index in [1.165, 1.54) is 12.3 Å². The summed E-state index contributed by atoms with van der Waals surface area (Å²) in [7, 11) is -3.10. The zero-order valence-electron chi connectivity index (χ0n) is 10.6. The number of hydrogen-bond acceptors (Lipinski definition) is 6. The molecule has 1 unspecified atom stereocenters. The molecule has 1 rings (SSSR count). The quantitative estimate of drug-likeness (QED) is 0.751.